The summed E-state index contributed by atoms with van der Waals surface area (Å²) in [6.45, 7) is 6.33. The van der Waals surface area contributed by atoms with E-state index < -0.39 is 0 Å². The van der Waals surface area contributed by atoms with E-state index in [9.17, 15) is 4.79 Å². The number of aryl methyl sites for hydroxylation is 3. The molecule has 4 heteroatoms. The van der Waals surface area contributed by atoms with Crippen molar-refractivity contribution in [2.24, 2.45) is 5.73 Å². The standard InChI is InChI=1S/C15H19N3O/c1-10-4-5-13(11(2)6-10)14(16)8-18-9-17-12(3)7-15(18)19/h4-7,9,14H,8,16H2,1-3H3. The van der Waals surface area contributed by atoms with Crippen molar-refractivity contribution in [3.05, 3.63) is 63.3 Å². The van der Waals surface area contributed by atoms with Gasteiger partial charge in [0.05, 0.1) is 6.33 Å². The third-order valence-corrected chi connectivity index (χ3v) is 3.23. The van der Waals surface area contributed by atoms with Gasteiger partial charge in [0.25, 0.3) is 5.56 Å². The van der Waals surface area contributed by atoms with Gasteiger partial charge in [-0.3, -0.25) is 9.36 Å². The van der Waals surface area contributed by atoms with Crippen LogP contribution >= 0.6 is 0 Å². The molecule has 0 bridgehead atoms. The smallest absolute Gasteiger partial charge is 0.253 e. The van der Waals surface area contributed by atoms with E-state index in [1.54, 1.807) is 17.8 Å². The topological polar surface area (TPSA) is 60.9 Å². The zero-order valence-electron chi connectivity index (χ0n) is 11.6. The minimum atomic E-state index is -0.206. The van der Waals surface area contributed by atoms with E-state index in [4.69, 9.17) is 5.73 Å². The largest absolute Gasteiger partial charge is 0.322 e. The van der Waals surface area contributed by atoms with Gasteiger partial charge >= 0.3 is 0 Å². The van der Waals surface area contributed by atoms with Crippen molar-refractivity contribution in [2.75, 3.05) is 0 Å². The van der Waals surface area contributed by atoms with Gasteiger partial charge in [0, 0.05) is 24.3 Å². The third kappa shape index (κ3) is 3.09. The van der Waals surface area contributed by atoms with Crippen LogP contribution in [0.2, 0.25) is 0 Å². The summed E-state index contributed by atoms with van der Waals surface area (Å²) in [6, 6.07) is 7.49. The summed E-state index contributed by atoms with van der Waals surface area (Å²) in [5.74, 6) is 0. The van der Waals surface area contributed by atoms with Gasteiger partial charge in [-0.2, -0.15) is 0 Å². The maximum absolute atomic E-state index is 11.8. The normalized spacial score (nSPS) is 12.4. The molecule has 0 fully saturated rings. The molecule has 1 aromatic carbocycles. The van der Waals surface area contributed by atoms with E-state index in [2.05, 4.69) is 18.0 Å². The number of rotatable bonds is 3. The molecule has 0 aliphatic rings. The van der Waals surface area contributed by atoms with Gasteiger partial charge < -0.3 is 5.73 Å². The second kappa shape index (κ2) is 5.36. The lowest BCUT2D eigenvalue weighted by Gasteiger charge is -2.16. The molecule has 100 valence electrons. The molecule has 0 amide bonds. The Morgan fingerprint density at radius 1 is 1.26 bits per heavy atom. The van der Waals surface area contributed by atoms with Crippen LogP contribution in [0, 0.1) is 20.8 Å². The molecule has 2 rings (SSSR count). The average molecular weight is 257 g/mol. The Balaban J connectivity index is 2.25. The van der Waals surface area contributed by atoms with Gasteiger partial charge in [-0.05, 0) is 31.9 Å². The quantitative estimate of drug-likeness (QED) is 0.913. The maximum Gasteiger partial charge on any atom is 0.253 e. The Kier molecular flexibility index (Phi) is 3.81. The fourth-order valence-electron chi connectivity index (χ4n) is 2.21. The summed E-state index contributed by atoms with van der Waals surface area (Å²) in [4.78, 5) is 15.9. The van der Waals surface area contributed by atoms with Crippen molar-refractivity contribution < 1.29 is 0 Å². The third-order valence-electron chi connectivity index (χ3n) is 3.23. The molecule has 0 aliphatic carbocycles. The minimum absolute atomic E-state index is 0.0623. The van der Waals surface area contributed by atoms with Crippen LogP contribution in [0.5, 0.6) is 0 Å². The van der Waals surface area contributed by atoms with E-state index in [0.29, 0.717) is 6.54 Å². The summed E-state index contributed by atoms with van der Waals surface area (Å²) in [7, 11) is 0. The van der Waals surface area contributed by atoms with Gasteiger partial charge in [0.2, 0.25) is 0 Å². The van der Waals surface area contributed by atoms with Crippen molar-refractivity contribution in [3.63, 3.8) is 0 Å². The highest BCUT2D eigenvalue weighted by Gasteiger charge is 2.10. The molecule has 2 aromatic rings. The lowest BCUT2D eigenvalue weighted by Crippen LogP contribution is -2.27. The molecular weight excluding hydrogens is 238 g/mol. The van der Waals surface area contributed by atoms with Gasteiger partial charge in [-0.15, -0.1) is 0 Å². The van der Waals surface area contributed by atoms with Gasteiger partial charge in [0.1, 0.15) is 0 Å². The van der Waals surface area contributed by atoms with Gasteiger partial charge in [-0.1, -0.05) is 23.8 Å². The molecule has 0 radical (unpaired) electrons. The summed E-state index contributed by atoms with van der Waals surface area (Å²) >= 11 is 0. The van der Waals surface area contributed by atoms with Crippen LogP contribution in [0.3, 0.4) is 0 Å². The molecule has 0 saturated carbocycles. The first-order valence-electron chi connectivity index (χ1n) is 6.33. The van der Waals surface area contributed by atoms with E-state index in [1.165, 1.54) is 11.6 Å². The molecule has 1 atom stereocenters. The molecule has 0 aliphatic heterocycles. The first kappa shape index (κ1) is 13.5. The van der Waals surface area contributed by atoms with E-state index >= 15 is 0 Å². The van der Waals surface area contributed by atoms with E-state index in [0.717, 1.165) is 16.8 Å². The van der Waals surface area contributed by atoms with Gasteiger partial charge in [-0.25, -0.2) is 4.98 Å². The summed E-state index contributed by atoms with van der Waals surface area (Å²) < 4.78 is 1.55. The highest BCUT2D eigenvalue weighted by Crippen LogP contribution is 2.18. The lowest BCUT2D eigenvalue weighted by atomic mass is 10.00. The van der Waals surface area contributed by atoms with Crippen molar-refractivity contribution >= 4 is 0 Å². The zero-order valence-corrected chi connectivity index (χ0v) is 11.6. The van der Waals surface area contributed by atoms with Crippen LogP contribution < -0.4 is 11.3 Å². The molecule has 1 heterocycles. The average Bonchev–Trinajstić information content (AvgIpc) is 2.32. The highest BCUT2D eigenvalue weighted by molar-refractivity contribution is 5.32. The van der Waals surface area contributed by atoms with Crippen molar-refractivity contribution in [1.29, 1.82) is 0 Å². The minimum Gasteiger partial charge on any atom is -0.322 e. The molecule has 4 nitrogen and oxygen atoms in total. The Labute approximate surface area is 112 Å². The van der Waals surface area contributed by atoms with Crippen molar-refractivity contribution in [2.45, 2.75) is 33.4 Å². The Bertz CT molecular complexity index is 646. The van der Waals surface area contributed by atoms with E-state index in [1.807, 2.05) is 19.1 Å². The van der Waals surface area contributed by atoms with Crippen LogP contribution in [0.4, 0.5) is 0 Å². The lowest BCUT2D eigenvalue weighted by molar-refractivity contribution is 0.551. The summed E-state index contributed by atoms with van der Waals surface area (Å²) in [6.07, 6.45) is 1.56. The van der Waals surface area contributed by atoms with E-state index in [-0.39, 0.29) is 11.6 Å². The van der Waals surface area contributed by atoms with Gasteiger partial charge in [0.15, 0.2) is 0 Å². The predicted octanol–water partition coefficient (Wildman–Crippen LogP) is 1.87. The molecule has 19 heavy (non-hydrogen) atoms. The number of hydrogen-bond acceptors (Lipinski definition) is 3. The van der Waals surface area contributed by atoms with Crippen LogP contribution in [0.25, 0.3) is 0 Å². The van der Waals surface area contributed by atoms with Crippen molar-refractivity contribution in [3.8, 4) is 0 Å². The fourth-order valence-corrected chi connectivity index (χ4v) is 2.21. The Morgan fingerprint density at radius 2 is 2.00 bits per heavy atom. The number of benzene rings is 1. The monoisotopic (exact) mass is 257 g/mol. The SMILES string of the molecule is Cc1ccc(C(N)Cn2cnc(C)cc2=O)c(C)c1. The van der Waals surface area contributed by atoms with Crippen LogP contribution in [-0.2, 0) is 6.54 Å². The van der Waals surface area contributed by atoms with Crippen molar-refractivity contribution in [1.82, 2.24) is 9.55 Å². The Morgan fingerprint density at radius 3 is 2.63 bits per heavy atom. The van der Waals surface area contributed by atoms with Crippen LogP contribution in [0.1, 0.15) is 28.4 Å². The fraction of sp³-hybridized carbons (Fsp3) is 0.333. The Hall–Kier alpha value is -1.94. The number of nitrogens with two attached hydrogens (primary N) is 1. The van der Waals surface area contributed by atoms with Crippen LogP contribution in [0.15, 0.2) is 35.4 Å². The highest BCUT2D eigenvalue weighted by atomic mass is 16.1. The molecule has 1 unspecified atom stereocenters. The molecular formula is C15H19N3O. The number of hydrogen-bond donors (Lipinski definition) is 1. The first-order chi connectivity index (χ1) is 8.97. The number of nitrogens with zero attached hydrogens (tertiary/aromatic N) is 2. The second-order valence-electron chi connectivity index (χ2n) is 4.99. The summed E-state index contributed by atoms with van der Waals surface area (Å²) in [5, 5.41) is 0. The number of aromatic nitrogens is 2. The molecule has 0 saturated heterocycles. The molecule has 2 N–H and O–H groups in total. The van der Waals surface area contributed by atoms with Crippen LogP contribution in [-0.4, -0.2) is 9.55 Å². The summed E-state index contributed by atoms with van der Waals surface area (Å²) in [5.41, 5.74) is 10.3. The maximum atomic E-state index is 11.8. The molecule has 0 spiro atoms. The first-order valence-corrected chi connectivity index (χ1v) is 6.33. The predicted molar refractivity (Wildman–Crippen MR) is 76.1 cm³/mol. The second-order valence-corrected chi connectivity index (χ2v) is 4.99. The zero-order chi connectivity index (χ0) is 14.0. The molecule has 1 aromatic heterocycles.